The number of allylic oxidation sites excluding steroid dienone is 5. The molecule has 2 aromatic rings. The van der Waals surface area contributed by atoms with E-state index >= 15 is 0 Å². The predicted molar refractivity (Wildman–Crippen MR) is 140 cm³/mol. The first-order chi connectivity index (χ1) is 17.5. The Labute approximate surface area is 216 Å². The Hall–Kier alpha value is -3.31. The number of benzene rings is 2. The molecule has 36 heavy (non-hydrogen) atoms. The van der Waals surface area contributed by atoms with E-state index < -0.39 is 0 Å². The molecule has 186 valence electrons. The third-order valence-corrected chi connectivity index (χ3v) is 7.41. The quantitative estimate of drug-likeness (QED) is 0.445. The fourth-order valence-corrected chi connectivity index (χ4v) is 5.65. The number of dihydropyridines is 1. The molecule has 0 spiro atoms. The number of ether oxygens (including phenoxy) is 2. The van der Waals surface area contributed by atoms with Gasteiger partial charge in [-0.25, -0.2) is 0 Å². The molecule has 5 nitrogen and oxygen atoms in total. The molecular weight excluding hydrogens is 474 g/mol. The molecule has 0 aromatic heterocycles. The van der Waals surface area contributed by atoms with Gasteiger partial charge in [0.1, 0.15) is 6.61 Å². The van der Waals surface area contributed by atoms with Crippen LogP contribution >= 0.6 is 11.6 Å². The maximum atomic E-state index is 13.2. The maximum Gasteiger partial charge on any atom is 0.165 e. The highest BCUT2D eigenvalue weighted by molar-refractivity contribution is 6.30. The molecule has 1 aliphatic heterocycles. The Balaban J connectivity index is 1.60. The number of nitrogens with one attached hydrogen (secondary N) is 1. The Morgan fingerprint density at radius 1 is 1.00 bits per heavy atom. The second-order valence-corrected chi connectivity index (χ2v) is 9.95. The van der Waals surface area contributed by atoms with E-state index in [1.54, 1.807) is 7.11 Å². The maximum absolute atomic E-state index is 13.2. The minimum atomic E-state index is -0.389. The van der Waals surface area contributed by atoms with Gasteiger partial charge in [0.05, 0.1) is 7.11 Å². The normalized spacial score (nSPS) is 17.9. The molecule has 0 amide bonds. The highest BCUT2D eigenvalue weighted by atomic mass is 35.5. The van der Waals surface area contributed by atoms with Gasteiger partial charge in [0.15, 0.2) is 23.1 Å². The topological polar surface area (TPSA) is 64.6 Å². The lowest BCUT2D eigenvalue weighted by atomic mass is 9.71. The molecule has 1 heterocycles. The van der Waals surface area contributed by atoms with Crippen LogP contribution in [0.1, 0.15) is 61.1 Å². The first kappa shape index (κ1) is 24.4. The zero-order chi connectivity index (χ0) is 25.2. The molecule has 0 fully saturated rings. The molecule has 3 aliphatic rings. The van der Waals surface area contributed by atoms with Crippen LogP contribution < -0.4 is 14.8 Å². The number of hydrogen-bond acceptors (Lipinski definition) is 5. The minimum Gasteiger partial charge on any atom is -0.493 e. The van der Waals surface area contributed by atoms with Crippen molar-refractivity contribution in [2.24, 2.45) is 0 Å². The molecule has 0 atom stereocenters. The summed E-state index contributed by atoms with van der Waals surface area (Å²) in [7, 11) is 1.61. The van der Waals surface area contributed by atoms with Crippen molar-refractivity contribution in [3.8, 4) is 11.5 Å². The van der Waals surface area contributed by atoms with E-state index in [0.29, 0.717) is 42.4 Å². The summed E-state index contributed by atoms with van der Waals surface area (Å²) < 4.78 is 12.0. The second-order valence-electron chi connectivity index (χ2n) is 9.52. The monoisotopic (exact) mass is 503 g/mol. The van der Waals surface area contributed by atoms with Gasteiger partial charge in [0.25, 0.3) is 0 Å². The molecule has 1 N–H and O–H groups in total. The summed E-state index contributed by atoms with van der Waals surface area (Å²) in [4.78, 5) is 26.4. The van der Waals surface area contributed by atoms with Gasteiger partial charge < -0.3 is 14.8 Å². The van der Waals surface area contributed by atoms with Crippen molar-refractivity contribution in [3.05, 3.63) is 93.3 Å². The van der Waals surface area contributed by atoms with Gasteiger partial charge in [-0.15, -0.1) is 6.58 Å². The third kappa shape index (κ3) is 4.60. The van der Waals surface area contributed by atoms with Crippen LogP contribution in [-0.4, -0.2) is 18.7 Å². The molecule has 0 saturated carbocycles. The molecule has 2 aromatic carbocycles. The number of methoxy groups -OCH3 is 1. The van der Waals surface area contributed by atoms with Crippen molar-refractivity contribution < 1.29 is 19.1 Å². The summed E-state index contributed by atoms with van der Waals surface area (Å²) in [5.41, 5.74) is 6.18. The smallest absolute Gasteiger partial charge is 0.165 e. The van der Waals surface area contributed by atoms with E-state index in [9.17, 15) is 9.59 Å². The number of carbonyl (C=O) groups is 2. The Morgan fingerprint density at radius 2 is 1.64 bits per heavy atom. The van der Waals surface area contributed by atoms with Crippen molar-refractivity contribution in [2.75, 3.05) is 7.11 Å². The Morgan fingerprint density at radius 3 is 2.22 bits per heavy atom. The van der Waals surface area contributed by atoms with Crippen molar-refractivity contribution >= 4 is 23.2 Å². The number of halogens is 1. The molecule has 0 unspecified atom stereocenters. The molecule has 6 heteroatoms. The van der Waals surface area contributed by atoms with Crippen LogP contribution in [0.3, 0.4) is 0 Å². The fourth-order valence-electron chi connectivity index (χ4n) is 5.53. The van der Waals surface area contributed by atoms with E-state index in [0.717, 1.165) is 64.9 Å². The van der Waals surface area contributed by atoms with Crippen LogP contribution in [0.2, 0.25) is 5.02 Å². The number of hydrogen-bond donors (Lipinski definition) is 1. The van der Waals surface area contributed by atoms with E-state index in [2.05, 4.69) is 18.0 Å². The standard InChI is InChI=1S/C30H30ClNO4/c1-3-6-19-15-20(16-26(35-2)30(19)36-17-18-11-13-21(31)14-12-18)27-28-22(7-4-9-24(28)33)32-23-8-5-10-25(34)29(23)27/h3,11-16,27,32H,1,4-10,17H2,2H3. The van der Waals surface area contributed by atoms with Gasteiger partial charge in [0, 0.05) is 51.9 Å². The molecule has 2 aliphatic carbocycles. The van der Waals surface area contributed by atoms with Crippen LogP contribution in [-0.2, 0) is 22.6 Å². The molecule has 0 bridgehead atoms. The molecule has 0 radical (unpaired) electrons. The Bertz CT molecular complexity index is 1250. The Kier molecular flexibility index (Phi) is 7.01. The summed E-state index contributed by atoms with van der Waals surface area (Å²) in [5, 5.41) is 4.15. The zero-order valence-electron chi connectivity index (χ0n) is 20.5. The lowest BCUT2D eigenvalue weighted by Crippen LogP contribution is -2.36. The molecular formula is C30H30ClNO4. The number of rotatable bonds is 7. The molecule has 0 saturated heterocycles. The summed E-state index contributed by atoms with van der Waals surface area (Å²) in [6, 6.07) is 11.5. The average Bonchev–Trinajstić information content (AvgIpc) is 2.88. The first-order valence-electron chi connectivity index (χ1n) is 12.5. The minimum absolute atomic E-state index is 0.117. The highest BCUT2D eigenvalue weighted by Gasteiger charge is 2.40. The van der Waals surface area contributed by atoms with Gasteiger partial charge in [-0.1, -0.05) is 35.9 Å². The first-order valence-corrected chi connectivity index (χ1v) is 12.9. The van der Waals surface area contributed by atoms with Crippen molar-refractivity contribution in [1.29, 1.82) is 0 Å². The van der Waals surface area contributed by atoms with Crippen molar-refractivity contribution in [3.63, 3.8) is 0 Å². The summed E-state index contributed by atoms with van der Waals surface area (Å²) in [5.74, 6) is 1.06. The van der Waals surface area contributed by atoms with Gasteiger partial charge in [0.2, 0.25) is 0 Å². The van der Waals surface area contributed by atoms with Crippen LogP contribution in [0.25, 0.3) is 0 Å². The largest absolute Gasteiger partial charge is 0.493 e. The summed E-state index contributed by atoms with van der Waals surface area (Å²) >= 11 is 6.02. The number of Topliss-reactive ketones (excluding diaryl/α,β-unsaturated/α-hetero) is 2. The van der Waals surface area contributed by atoms with Crippen LogP contribution in [0.15, 0.2) is 71.6 Å². The van der Waals surface area contributed by atoms with Crippen molar-refractivity contribution in [1.82, 2.24) is 5.32 Å². The lowest BCUT2D eigenvalue weighted by Gasteiger charge is -2.37. The van der Waals surface area contributed by atoms with Crippen LogP contribution in [0.5, 0.6) is 11.5 Å². The highest BCUT2D eigenvalue weighted by Crippen LogP contribution is 2.47. The van der Waals surface area contributed by atoms with Gasteiger partial charge in [-0.3, -0.25) is 9.59 Å². The SMILES string of the molecule is C=CCc1cc(C2C3=C(CCCC3=O)NC3=C2C(=O)CCC3)cc(OC)c1OCc1ccc(Cl)cc1. The van der Waals surface area contributed by atoms with Crippen LogP contribution in [0.4, 0.5) is 0 Å². The summed E-state index contributed by atoms with van der Waals surface area (Å²) in [6.45, 7) is 4.28. The predicted octanol–water partition coefficient (Wildman–Crippen LogP) is 6.36. The number of carbonyl (C=O) groups excluding carboxylic acids is 2. The van der Waals surface area contributed by atoms with Gasteiger partial charge in [-0.05, 0) is 61.4 Å². The average molecular weight is 504 g/mol. The van der Waals surface area contributed by atoms with Crippen molar-refractivity contribution in [2.45, 2.75) is 57.5 Å². The van der Waals surface area contributed by atoms with E-state index in [-0.39, 0.29) is 17.5 Å². The van der Waals surface area contributed by atoms with E-state index in [1.807, 2.05) is 36.4 Å². The zero-order valence-corrected chi connectivity index (χ0v) is 21.2. The van der Waals surface area contributed by atoms with E-state index in [4.69, 9.17) is 21.1 Å². The molecule has 5 rings (SSSR count). The third-order valence-electron chi connectivity index (χ3n) is 7.16. The van der Waals surface area contributed by atoms with Gasteiger partial charge in [-0.2, -0.15) is 0 Å². The summed E-state index contributed by atoms with van der Waals surface area (Å²) in [6.07, 6.45) is 6.70. The fraction of sp³-hybridized carbons (Fsp3) is 0.333. The van der Waals surface area contributed by atoms with Crippen LogP contribution in [0, 0.1) is 0 Å². The van der Waals surface area contributed by atoms with Gasteiger partial charge >= 0.3 is 0 Å². The second kappa shape index (κ2) is 10.4. The number of ketones is 2. The van der Waals surface area contributed by atoms with E-state index in [1.165, 1.54) is 0 Å². The lowest BCUT2D eigenvalue weighted by molar-refractivity contribution is -0.116.